The summed E-state index contributed by atoms with van der Waals surface area (Å²) in [6.45, 7) is -0.446. The molecule has 1 aliphatic rings. The summed E-state index contributed by atoms with van der Waals surface area (Å²) in [7, 11) is -3.76. The molecule has 3 rings (SSSR count). The van der Waals surface area contributed by atoms with Gasteiger partial charge in [-0.15, -0.1) is 0 Å². The fraction of sp³-hybridized carbons (Fsp3) is 0.263. The molecule has 0 radical (unpaired) electrons. The third-order valence-corrected chi connectivity index (χ3v) is 5.89. The topological polar surface area (TPSA) is 116 Å². The Morgan fingerprint density at radius 1 is 1.26 bits per heavy atom. The van der Waals surface area contributed by atoms with Crippen LogP contribution in [-0.2, 0) is 21.2 Å². The van der Waals surface area contributed by atoms with Crippen molar-refractivity contribution in [2.45, 2.75) is 30.2 Å². The van der Waals surface area contributed by atoms with Gasteiger partial charge in [-0.3, -0.25) is 0 Å². The molecule has 1 atom stereocenters. The molecule has 8 heteroatoms. The number of carboxylic acid groups (broad SMARTS) is 1. The summed E-state index contributed by atoms with van der Waals surface area (Å²) in [4.78, 5) is 10.8. The summed E-state index contributed by atoms with van der Waals surface area (Å²) >= 11 is 0. The van der Waals surface area contributed by atoms with Gasteiger partial charge in [0.15, 0.2) is 6.61 Å². The molecule has 1 aliphatic carbocycles. The lowest BCUT2D eigenvalue weighted by Gasteiger charge is -2.27. The van der Waals surface area contributed by atoms with E-state index in [2.05, 4.69) is 4.72 Å². The van der Waals surface area contributed by atoms with Crippen molar-refractivity contribution in [3.8, 4) is 11.8 Å². The number of nitrogens with zero attached hydrogens (tertiary/aromatic N) is 1. The van der Waals surface area contributed by atoms with E-state index in [9.17, 15) is 13.2 Å². The second kappa shape index (κ2) is 7.78. The van der Waals surface area contributed by atoms with Crippen LogP contribution in [0.3, 0.4) is 0 Å². The summed E-state index contributed by atoms with van der Waals surface area (Å²) in [5.74, 6) is -0.598. The van der Waals surface area contributed by atoms with Gasteiger partial charge in [0.25, 0.3) is 0 Å². The number of carboxylic acids is 1. The summed E-state index contributed by atoms with van der Waals surface area (Å²) in [6.07, 6.45) is 2.08. The van der Waals surface area contributed by atoms with Crippen LogP contribution < -0.4 is 9.46 Å². The molecule has 2 aromatic rings. The van der Waals surface area contributed by atoms with E-state index < -0.39 is 28.6 Å². The molecule has 27 heavy (non-hydrogen) atoms. The molecular formula is C19H18N2O5S. The number of ether oxygens (including phenoxy) is 1. The monoisotopic (exact) mass is 386 g/mol. The highest BCUT2D eigenvalue weighted by Gasteiger charge is 2.27. The average Bonchev–Trinajstić information content (AvgIpc) is 2.66. The zero-order valence-corrected chi connectivity index (χ0v) is 15.2. The zero-order chi connectivity index (χ0) is 19.4. The van der Waals surface area contributed by atoms with Crippen LogP contribution in [0.1, 0.15) is 35.6 Å². The normalized spacial score (nSPS) is 16.2. The van der Waals surface area contributed by atoms with Crippen LogP contribution >= 0.6 is 0 Å². The Balaban J connectivity index is 1.86. The second-order valence-electron chi connectivity index (χ2n) is 6.21. The third-order valence-electron chi connectivity index (χ3n) is 4.41. The smallest absolute Gasteiger partial charge is 0.341 e. The fourth-order valence-electron chi connectivity index (χ4n) is 3.18. The highest BCUT2D eigenvalue weighted by molar-refractivity contribution is 7.89. The van der Waals surface area contributed by atoms with Gasteiger partial charge in [0.2, 0.25) is 10.0 Å². The van der Waals surface area contributed by atoms with Crippen molar-refractivity contribution in [2.75, 3.05) is 6.61 Å². The zero-order valence-electron chi connectivity index (χ0n) is 14.4. The number of benzene rings is 2. The predicted molar refractivity (Wildman–Crippen MR) is 96.7 cm³/mol. The molecule has 0 amide bonds. The first-order valence-corrected chi connectivity index (χ1v) is 9.88. The minimum atomic E-state index is -3.76. The number of hydrogen-bond donors (Lipinski definition) is 2. The van der Waals surface area contributed by atoms with Gasteiger partial charge in [0.05, 0.1) is 16.5 Å². The van der Waals surface area contributed by atoms with Gasteiger partial charge in [-0.2, -0.15) is 5.26 Å². The first-order valence-electron chi connectivity index (χ1n) is 8.39. The Morgan fingerprint density at radius 3 is 2.67 bits per heavy atom. The van der Waals surface area contributed by atoms with Crippen LogP contribution in [0.5, 0.6) is 5.75 Å². The molecule has 0 bridgehead atoms. The lowest BCUT2D eigenvalue weighted by Crippen LogP contribution is -2.31. The Hall–Kier alpha value is -2.89. The van der Waals surface area contributed by atoms with Crippen molar-refractivity contribution < 1.29 is 23.1 Å². The van der Waals surface area contributed by atoms with Gasteiger partial charge in [-0.05, 0) is 60.7 Å². The molecule has 0 saturated heterocycles. The van der Waals surface area contributed by atoms with E-state index >= 15 is 0 Å². The van der Waals surface area contributed by atoms with E-state index in [1.807, 2.05) is 12.1 Å². The summed E-state index contributed by atoms with van der Waals surface area (Å²) in [6, 6.07) is 12.5. The number of nitriles is 1. The Kier molecular flexibility index (Phi) is 5.44. The number of carbonyl (C=O) groups is 1. The minimum absolute atomic E-state index is 0.0897. The van der Waals surface area contributed by atoms with Crippen LogP contribution in [0.15, 0.2) is 47.4 Å². The van der Waals surface area contributed by atoms with Gasteiger partial charge in [-0.1, -0.05) is 12.1 Å². The van der Waals surface area contributed by atoms with Crippen molar-refractivity contribution in [3.63, 3.8) is 0 Å². The number of rotatable bonds is 6. The Bertz CT molecular complexity index is 994. The molecule has 0 aliphatic heterocycles. The van der Waals surface area contributed by atoms with Gasteiger partial charge in [-0.25, -0.2) is 17.9 Å². The number of fused-ring (bicyclic) bond motifs is 1. The molecule has 0 heterocycles. The van der Waals surface area contributed by atoms with E-state index in [4.69, 9.17) is 15.1 Å². The number of aliphatic carboxylic acids is 1. The molecule has 0 saturated carbocycles. The molecule has 140 valence electrons. The maximum Gasteiger partial charge on any atom is 0.341 e. The highest BCUT2D eigenvalue weighted by Crippen LogP contribution is 2.36. The molecule has 0 spiro atoms. The number of nitrogens with one attached hydrogen (secondary N) is 1. The van der Waals surface area contributed by atoms with Crippen LogP contribution in [0, 0.1) is 11.3 Å². The van der Waals surface area contributed by atoms with E-state index in [1.54, 1.807) is 12.1 Å². The van der Waals surface area contributed by atoms with E-state index in [1.165, 1.54) is 24.3 Å². The van der Waals surface area contributed by atoms with Crippen LogP contribution in [0.25, 0.3) is 0 Å². The molecule has 7 nitrogen and oxygen atoms in total. The Morgan fingerprint density at radius 2 is 2.00 bits per heavy atom. The van der Waals surface area contributed by atoms with Crippen molar-refractivity contribution in [1.82, 2.24) is 4.72 Å². The molecule has 0 aromatic heterocycles. The van der Waals surface area contributed by atoms with Crippen molar-refractivity contribution in [3.05, 3.63) is 59.2 Å². The van der Waals surface area contributed by atoms with Gasteiger partial charge in [0, 0.05) is 6.04 Å². The largest absolute Gasteiger partial charge is 0.482 e. The van der Waals surface area contributed by atoms with Crippen LogP contribution in [0.4, 0.5) is 0 Å². The number of sulfonamides is 1. The predicted octanol–water partition coefficient (Wildman–Crippen LogP) is 2.38. The Labute approximate surface area is 157 Å². The highest BCUT2D eigenvalue weighted by atomic mass is 32.2. The van der Waals surface area contributed by atoms with Gasteiger partial charge >= 0.3 is 5.97 Å². The lowest BCUT2D eigenvalue weighted by molar-refractivity contribution is -0.139. The van der Waals surface area contributed by atoms with Crippen LogP contribution in [-0.4, -0.2) is 26.1 Å². The fourth-order valence-corrected chi connectivity index (χ4v) is 4.43. The standard InChI is InChI=1S/C19H18N2O5S/c20-11-13-7-9-14(10-8-13)27(24,25)21-17-5-1-4-16-15(17)3-2-6-18(16)26-12-19(22)23/h2-3,6-10,17,21H,1,4-5,12H2,(H,22,23). The molecule has 2 N–H and O–H groups in total. The minimum Gasteiger partial charge on any atom is -0.482 e. The molecular weight excluding hydrogens is 368 g/mol. The van der Waals surface area contributed by atoms with Gasteiger partial charge in [0.1, 0.15) is 5.75 Å². The first kappa shape index (κ1) is 18.9. The van der Waals surface area contributed by atoms with Crippen molar-refractivity contribution in [2.24, 2.45) is 0 Å². The van der Waals surface area contributed by atoms with E-state index in [0.29, 0.717) is 24.2 Å². The molecule has 2 aromatic carbocycles. The van der Waals surface area contributed by atoms with Crippen molar-refractivity contribution >= 4 is 16.0 Å². The van der Waals surface area contributed by atoms with E-state index in [0.717, 1.165) is 17.5 Å². The SMILES string of the molecule is N#Cc1ccc(S(=O)(=O)NC2CCCc3c(OCC(=O)O)cccc32)cc1. The maximum atomic E-state index is 12.7. The first-order chi connectivity index (χ1) is 12.9. The molecule has 1 unspecified atom stereocenters. The summed E-state index contributed by atoms with van der Waals surface area (Å²) < 4.78 is 33.5. The average molecular weight is 386 g/mol. The molecule has 0 fully saturated rings. The second-order valence-corrected chi connectivity index (χ2v) is 7.92. The summed E-state index contributed by atoms with van der Waals surface area (Å²) in [5, 5.41) is 17.7. The lowest BCUT2D eigenvalue weighted by atomic mass is 9.87. The number of hydrogen-bond acceptors (Lipinski definition) is 5. The third kappa shape index (κ3) is 4.27. The van der Waals surface area contributed by atoms with Crippen molar-refractivity contribution in [1.29, 1.82) is 5.26 Å². The van der Waals surface area contributed by atoms with E-state index in [-0.39, 0.29) is 4.90 Å². The summed E-state index contributed by atoms with van der Waals surface area (Å²) in [5.41, 5.74) is 2.01. The van der Waals surface area contributed by atoms with Gasteiger partial charge < -0.3 is 9.84 Å². The van der Waals surface area contributed by atoms with Crippen LogP contribution in [0.2, 0.25) is 0 Å². The maximum absolute atomic E-state index is 12.7. The quantitative estimate of drug-likeness (QED) is 0.787.